The van der Waals surface area contributed by atoms with Crippen LogP contribution in [0.25, 0.3) is 17.1 Å². The maximum Gasteiger partial charge on any atom is 0.342 e. The van der Waals surface area contributed by atoms with Crippen LogP contribution in [0.4, 0.5) is 0 Å². The maximum atomic E-state index is 12.4. The summed E-state index contributed by atoms with van der Waals surface area (Å²) < 4.78 is 2.94. The second-order valence-corrected chi connectivity index (χ2v) is 8.91. The fourth-order valence-corrected chi connectivity index (χ4v) is 4.17. The molecule has 1 amide bonds. The van der Waals surface area contributed by atoms with Crippen molar-refractivity contribution < 1.29 is 14.5 Å². The molecule has 1 heterocycles. The molecule has 7 nitrogen and oxygen atoms in total. The second kappa shape index (κ2) is 10.5. The molecule has 3 aromatic carbocycles. The van der Waals surface area contributed by atoms with E-state index in [9.17, 15) is 9.90 Å². The van der Waals surface area contributed by atoms with E-state index in [1.165, 1.54) is 17.8 Å². The highest BCUT2D eigenvalue weighted by Crippen LogP contribution is 2.21. The van der Waals surface area contributed by atoms with Gasteiger partial charge in [-0.05, 0) is 60.6 Å². The number of aromatic nitrogens is 3. The van der Waals surface area contributed by atoms with Gasteiger partial charge in [-0.2, -0.15) is 9.67 Å². The fourth-order valence-electron chi connectivity index (χ4n) is 3.15. The Balaban J connectivity index is 1.53. The molecule has 0 spiro atoms. The standard InChI is InChI=1S/C24H20BrN5O2S/c1-16(20-9-5-6-10-21(20)31)26-27-22(32)15-33-24-29-28-23(17-7-3-2-4-8-17)30(24)19-13-11-18(25)12-14-19/h2-14H,15H2,1H3,(H2,26,27,31,32). The third-order valence-corrected chi connectivity index (χ3v) is 6.23. The molecular formula is C24H20BrN5O2S. The van der Waals surface area contributed by atoms with Crippen molar-refractivity contribution in [2.75, 3.05) is 5.75 Å². The average Bonchev–Trinajstić information content (AvgIpc) is 3.26. The van der Waals surface area contributed by atoms with E-state index >= 15 is 0 Å². The molecule has 4 rings (SSSR count). The lowest BCUT2D eigenvalue weighted by Crippen LogP contribution is -2.34. The number of halogens is 1. The van der Waals surface area contributed by atoms with Gasteiger partial charge in [0, 0.05) is 4.47 Å². The van der Waals surface area contributed by atoms with E-state index < -0.39 is 0 Å². The third-order valence-electron chi connectivity index (χ3n) is 4.76. The normalized spacial score (nSPS) is 11.4. The minimum absolute atomic E-state index is 0.103. The lowest BCUT2D eigenvalue weighted by Gasteiger charge is -2.12. The predicted octanol–water partition coefficient (Wildman–Crippen LogP) is 3.82. The van der Waals surface area contributed by atoms with Crippen molar-refractivity contribution in [1.29, 1.82) is 0 Å². The monoisotopic (exact) mass is 521 g/mol. The van der Waals surface area contributed by atoms with E-state index in [-0.39, 0.29) is 17.4 Å². The molecule has 9 heteroatoms. The largest absolute Gasteiger partial charge is 0.872 e. The number of hydrazone groups is 1. The fraction of sp³-hybridized carbons (Fsp3) is 0.0833. The number of para-hydroxylation sites is 1. The van der Waals surface area contributed by atoms with Gasteiger partial charge in [0.2, 0.25) is 0 Å². The summed E-state index contributed by atoms with van der Waals surface area (Å²) in [5, 5.41) is 24.2. The van der Waals surface area contributed by atoms with Gasteiger partial charge < -0.3 is 5.11 Å². The first kappa shape index (κ1) is 22.8. The number of hydrogen-bond donors (Lipinski definition) is 2. The zero-order chi connectivity index (χ0) is 23.2. The number of benzene rings is 3. The number of nitrogens with one attached hydrogen (secondary N) is 2. The first-order chi connectivity index (χ1) is 16.0. The van der Waals surface area contributed by atoms with Crippen LogP contribution < -0.4 is 15.1 Å². The van der Waals surface area contributed by atoms with Crippen LogP contribution in [0.1, 0.15) is 12.5 Å². The molecule has 33 heavy (non-hydrogen) atoms. The SMILES string of the molecule is CC(=NNC(=O)CSc1n[nH]c(-c2ccccc2)[n+]1-c1ccc(Br)cc1)c1ccccc1[O-]. The van der Waals surface area contributed by atoms with E-state index in [1.807, 2.05) is 59.2 Å². The van der Waals surface area contributed by atoms with Gasteiger partial charge in [-0.15, -0.1) is 5.10 Å². The van der Waals surface area contributed by atoms with Crippen LogP contribution in [0.5, 0.6) is 5.75 Å². The highest BCUT2D eigenvalue weighted by Gasteiger charge is 2.24. The van der Waals surface area contributed by atoms with E-state index in [0.29, 0.717) is 16.4 Å². The Labute approximate surface area is 203 Å². The quantitative estimate of drug-likeness (QED) is 0.167. The highest BCUT2D eigenvalue weighted by atomic mass is 79.9. The molecule has 0 unspecified atom stereocenters. The Hall–Kier alpha value is -3.43. The summed E-state index contributed by atoms with van der Waals surface area (Å²) in [7, 11) is 0. The van der Waals surface area contributed by atoms with Crippen molar-refractivity contribution in [1.82, 2.24) is 15.6 Å². The Morgan fingerprint density at radius 3 is 2.52 bits per heavy atom. The molecule has 0 radical (unpaired) electrons. The van der Waals surface area contributed by atoms with Crippen molar-refractivity contribution in [3.63, 3.8) is 0 Å². The molecule has 4 aromatic rings. The van der Waals surface area contributed by atoms with Crippen LogP contribution in [-0.4, -0.2) is 27.6 Å². The zero-order valence-electron chi connectivity index (χ0n) is 17.7. The molecule has 0 saturated carbocycles. The molecule has 0 aliphatic carbocycles. The van der Waals surface area contributed by atoms with Gasteiger partial charge in [-0.1, -0.05) is 64.1 Å². The van der Waals surface area contributed by atoms with Crippen LogP contribution in [0.3, 0.4) is 0 Å². The average molecular weight is 522 g/mol. The number of amides is 1. The van der Waals surface area contributed by atoms with Crippen LogP contribution in [0.2, 0.25) is 0 Å². The number of nitrogens with zero attached hydrogens (tertiary/aromatic N) is 3. The first-order valence-corrected chi connectivity index (χ1v) is 11.8. The number of thioether (sulfide) groups is 1. The molecule has 0 bridgehead atoms. The van der Waals surface area contributed by atoms with Crippen molar-refractivity contribution in [2.24, 2.45) is 5.10 Å². The minimum Gasteiger partial charge on any atom is -0.872 e. The summed E-state index contributed by atoms with van der Waals surface area (Å²) in [5.41, 5.74) is 5.31. The topological polar surface area (TPSA) is 97.1 Å². The number of H-pyrrole nitrogens is 1. The van der Waals surface area contributed by atoms with Gasteiger partial charge >= 0.3 is 5.16 Å². The van der Waals surface area contributed by atoms with Gasteiger partial charge in [0.15, 0.2) is 0 Å². The van der Waals surface area contributed by atoms with Gasteiger partial charge in [-0.25, -0.2) is 5.43 Å². The van der Waals surface area contributed by atoms with Crippen molar-refractivity contribution in [2.45, 2.75) is 12.1 Å². The summed E-state index contributed by atoms with van der Waals surface area (Å²) >= 11 is 4.75. The van der Waals surface area contributed by atoms with Gasteiger partial charge in [0.1, 0.15) is 5.69 Å². The van der Waals surface area contributed by atoms with Gasteiger partial charge in [0.25, 0.3) is 11.7 Å². The van der Waals surface area contributed by atoms with Gasteiger partial charge in [-0.3, -0.25) is 4.79 Å². The molecule has 1 aromatic heterocycles. The van der Waals surface area contributed by atoms with Crippen molar-refractivity contribution in [3.05, 3.63) is 88.9 Å². The second-order valence-electron chi connectivity index (χ2n) is 7.05. The number of carbonyl (C=O) groups excluding carboxylic acids is 1. The van der Waals surface area contributed by atoms with E-state index in [1.54, 1.807) is 25.1 Å². The van der Waals surface area contributed by atoms with Crippen LogP contribution in [-0.2, 0) is 4.79 Å². The molecule has 0 fully saturated rings. The minimum atomic E-state index is -0.297. The smallest absolute Gasteiger partial charge is 0.342 e. The van der Waals surface area contributed by atoms with Gasteiger partial charge in [0.05, 0.1) is 22.1 Å². The first-order valence-electron chi connectivity index (χ1n) is 10.1. The van der Waals surface area contributed by atoms with E-state index in [0.717, 1.165) is 21.5 Å². The lowest BCUT2D eigenvalue weighted by molar-refractivity contribution is -0.625. The maximum absolute atomic E-state index is 12.4. The lowest BCUT2D eigenvalue weighted by atomic mass is 10.1. The highest BCUT2D eigenvalue weighted by molar-refractivity contribution is 9.10. The molecule has 166 valence electrons. The number of aromatic amines is 1. The molecular weight excluding hydrogens is 502 g/mol. The summed E-state index contributed by atoms with van der Waals surface area (Å²) in [5.74, 6) is 0.477. The molecule has 0 aliphatic heterocycles. The predicted molar refractivity (Wildman–Crippen MR) is 130 cm³/mol. The van der Waals surface area contributed by atoms with Crippen molar-refractivity contribution in [3.8, 4) is 22.8 Å². The van der Waals surface area contributed by atoms with Crippen molar-refractivity contribution >= 4 is 39.3 Å². The molecule has 0 saturated heterocycles. The molecule has 0 aliphatic rings. The van der Waals surface area contributed by atoms with E-state index in [2.05, 4.69) is 36.7 Å². The van der Waals surface area contributed by atoms with Crippen LogP contribution in [0, 0.1) is 0 Å². The zero-order valence-corrected chi connectivity index (χ0v) is 20.1. The Kier molecular flexibility index (Phi) is 7.21. The number of carbonyl (C=O) groups is 1. The van der Waals surface area contributed by atoms with Crippen LogP contribution in [0.15, 0.2) is 93.6 Å². The Morgan fingerprint density at radius 2 is 1.79 bits per heavy atom. The third kappa shape index (κ3) is 5.50. The summed E-state index contributed by atoms with van der Waals surface area (Å²) in [6.45, 7) is 1.69. The summed E-state index contributed by atoms with van der Waals surface area (Å²) in [4.78, 5) is 12.4. The summed E-state index contributed by atoms with van der Waals surface area (Å²) in [6, 6.07) is 24.3. The van der Waals surface area contributed by atoms with Crippen LogP contribution >= 0.6 is 27.7 Å². The van der Waals surface area contributed by atoms with E-state index in [4.69, 9.17) is 0 Å². The molecule has 0 atom stereocenters. The molecule has 2 N–H and O–H groups in total. The summed E-state index contributed by atoms with van der Waals surface area (Å²) in [6.07, 6.45) is 0. The number of rotatable bonds is 7. The Morgan fingerprint density at radius 1 is 1.09 bits per heavy atom. The number of hydrogen-bond acceptors (Lipinski definition) is 5. The Bertz CT molecular complexity index is 1290.